The molecule has 0 fully saturated rings. The Morgan fingerprint density at radius 2 is 2.00 bits per heavy atom. The van der Waals surface area contributed by atoms with Crippen molar-refractivity contribution >= 4 is 17.7 Å². The highest BCUT2D eigenvalue weighted by Gasteiger charge is 2.17. The fourth-order valence-corrected chi connectivity index (χ4v) is 2.81. The maximum absolute atomic E-state index is 12.3. The summed E-state index contributed by atoms with van der Waals surface area (Å²) in [4.78, 5) is 13.2. The van der Waals surface area contributed by atoms with E-state index in [2.05, 4.69) is 0 Å². The lowest BCUT2D eigenvalue weighted by atomic mass is 10.2. The van der Waals surface area contributed by atoms with Crippen LogP contribution in [0.4, 0.5) is 0 Å². The van der Waals surface area contributed by atoms with E-state index < -0.39 is 0 Å². The molecule has 1 aliphatic heterocycles. The van der Waals surface area contributed by atoms with Gasteiger partial charge in [-0.2, -0.15) is 0 Å². The smallest absolute Gasteiger partial charge is 0.344 e. The number of carbonyl (C=O) groups is 1. The van der Waals surface area contributed by atoms with Gasteiger partial charge in [-0.1, -0.05) is 19.1 Å². The molecule has 0 unspecified atom stereocenters. The Kier molecular flexibility index (Phi) is 4.01. The van der Waals surface area contributed by atoms with Gasteiger partial charge in [0.15, 0.2) is 11.5 Å². The van der Waals surface area contributed by atoms with Crippen LogP contribution in [-0.4, -0.2) is 18.5 Å². The monoisotopic (exact) mass is 302 g/mol. The first-order valence-electron chi connectivity index (χ1n) is 6.61. The molecule has 5 heteroatoms. The zero-order valence-corrected chi connectivity index (χ0v) is 12.3. The van der Waals surface area contributed by atoms with E-state index in [-0.39, 0.29) is 12.8 Å². The second kappa shape index (κ2) is 6.10. The van der Waals surface area contributed by atoms with Crippen molar-refractivity contribution < 1.29 is 19.0 Å². The van der Waals surface area contributed by atoms with Crippen LogP contribution in [-0.2, 0) is 0 Å². The fourth-order valence-electron chi connectivity index (χ4n) is 2.02. The molecular weight excluding hydrogens is 288 g/mol. The molecule has 0 saturated heterocycles. The van der Waals surface area contributed by atoms with Crippen LogP contribution in [0.25, 0.3) is 0 Å². The van der Waals surface area contributed by atoms with Crippen LogP contribution in [0.5, 0.6) is 17.2 Å². The molecule has 4 nitrogen and oxygen atoms in total. The standard InChI is InChI=1S/C16H14O4S/c1-2-21-15-6-4-3-5-12(15)16(17)20-11-7-8-13-14(9-11)19-10-18-13/h3-9H,2,10H2,1H3. The summed E-state index contributed by atoms with van der Waals surface area (Å²) in [6.07, 6.45) is 0. The molecule has 0 bridgehead atoms. The Labute approximate surface area is 127 Å². The molecule has 3 rings (SSSR count). The van der Waals surface area contributed by atoms with Crippen molar-refractivity contribution in [3.8, 4) is 17.2 Å². The number of fused-ring (bicyclic) bond motifs is 1. The number of esters is 1. The molecule has 1 aliphatic rings. The Hall–Kier alpha value is -2.14. The number of benzene rings is 2. The van der Waals surface area contributed by atoms with E-state index in [0.29, 0.717) is 22.8 Å². The van der Waals surface area contributed by atoms with Crippen molar-refractivity contribution in [2.45, 2.75) is 11.8 Å². The van der Waals surface area contributed by atoms with Gasteiger partial charge in [0, 0.05) is 11.0 Å². The summed E-state index contributed by atoms with van der Waals surface area (Å²) in [7, 11) is 0. The number of hydrogen-bond acceptors (Lipinski definition) is 5. The predicted octanol–water partition coefficient (Wildman–Crippen LogP) is 3.75. The molecule has 2 aromatic carbocycles. The van der Waals surface area contributed by atoms with Gasteiger partial charge in [-0.05, 0) is 30.0 Å². The number of ether oxygens (including phenoxy) is 3. The zero-order chi connectivity index (χ0) is 14.7. The third kappa shape index (κ3) is 2.97. The molecule has 0 N–H and O–H groups in total. The topological polar surface area (TPSA) is 44.8 Å². The highest BCUT2D eigenvalue weighted by Crippen LogP contribution is 2.35. The van der Waals surface area contributed by atoms with Crippen molar-refractivity contribution in [1.82, 2.24) is 0 Å². The largest absolute Gasteiger partial charge is 0.454 e. The maximum atomic E-state index is 12.3. The van der Waals surface area contributed by atoms with Crippen LogP contribution >= 0.6 is 11.8 Å². The maximum Gasteiger partial charge on any atom is 0.344 e. The molecule has 2 aromatic rings. The van der Waals surface area contributed by atoms with Gasteiger partial charge >= 0.3 is 5.97 Å². The molecule has 0 aliphatic carbocycles. The molecule has 0 aromatic heterocycles. The first-order valence-corrected chi connectivity index (χ1v) is 7.60. The van der Waals surface area contributed by atoms with Crippen LogP contribution in [0.3, 0.4) is 0 Å². The SMILES string of the molecule is CCSc1ccccc1C(=O)Oc1ccc2c(c1)OCO2. The van der Waals surface area contributed by atoms with Gasteiger partial charge in [-0.3, -0.25) is 0 Å². The van der Waals surface area contributed by atoms with E-state index >= 15 is 0 Å². The van der Waals surface area contributed by atoms with Crippen molar-refractivity contribution in [1.29, 1.82) is 0 Å². The third-order valence-electron chi connectivity index (χ3n) is 2.96. The molecule has 0 spiro atoms. The molecule has 0 atom stereocenters. The normalized spacial score (nSPS) is 12.2. The Bertz CT molecular complexity index is 669. The van der Waals surface area contributed by atoms with Crippen LogP contribution in [0.2, 0.25) is 0 Å². The Morgan fingerprint density at radius 3 is 2.86 bits per heavy atom. The second-order valence-electron chi connectivity index (χ2n) is 4.33. The van der Waals surface area contributed by atoms with E-state index in [1.165, 1.54) is 0 Å². The number of carbonyl (C=O) groups excluding carboxylic acids is 1. The van der Waals surface area contributed by atoms with Crippen molar-refractivity contribution in [2.75, 3.05) is 12.5 Å². The molecule has 108 valence electrons. The molecule has 21 heavy (non-hydrogen) atoms. The minimum atomic E-state index is -0.370. The summed E-state index contributed by atoms with van der Waals surface area (Å²) >= 11 is 1.62. The van der Waals surface area contributed by atoms with E-state index in [0.717, 1.165) is 10.6 Å². The van der Waals surface area contributed by atoms with Gasteiger partial charge in [0.2, 0.25) is 6.79 Å². The van der Waals surface area contributed by atoms with Gasteiger partial charge in [-0.25, -0.2) is 4.79 Å². The van der Waals surface area contributed by atoms with Crippen LogP contribution < -0.4 is 14.2 Å². The highest BCUT2D eigenvalue weighted by molar-refractivity contribution is 7.99. The van der Waals surface area contributed by atoms with Crippen LogP contribution in [0.1, 0.15) is 17.3 Å². The summed E-state index contributed by atoms with van der Waals surface area (Å²) in [5, 5.41) is 0. The van der Waals surface area contributed by atoms with E-state index in [9.17, 15) is 4.79 Å². The molecule has 0 amide bonds. The van der Waals surface area contributed by atoms with Crippen molar-refractivity contribution in [3.05, 3.63) is 48.0 Å². The van der Waals surface area contributed by atoms with Gasteiger partial charge < -0.3 is 14.2 Å². The van der Waals surface area contributed by atoms with E-state index in [1.54, 1.807) is 36.0 Å². The lowest BCUT2D eigenvalue weighted by molar-refractivity contribution is 0.0731. The fraction of sp³-hybridized carbons (Fsp3) is 0.188. The average Bonchev–Trinajstić information content (AvgIpc) is 2.95. The van der Waals surface area contributed by atoms with Gasteiger partial charge in [0.05, 0.1) is 5.56 Å². The molecule has 0 saturated carbocycles. The summed E-state index contributed by atoms with van der Waals surface area (Å²) in [6.45, 7) is 2.24. The van der Waals surface area contributed by atoms with Crippen molar-refractivity contribution in [2.24, 2.45) is 0 Å². The summed E-state index contributed by atoms with van der Waals surface area (Å²) < 4.78 is 15.9. The average molecular weight is 302 g/mol. The quantitative estimate of drug-likeness (QED) is 0.489. The van der Waals surface area contributed by atoms with Gasteiger partial charge in [-0.15, -0.1) is 11.8 Å². The Balaban J connectivity index is 1.80. The predicted molar refractivity (Wildman–Crippen MR) is 80.4 cm³/mol. The minimum Gasteiger partial charge on any atom is -0.454 e. The zero-order valence-electron chi connectivity index (χ0n) is 11.5. The Morgan fingerprint density at radius 1 is 1.19 bits per heavy atom. The minimum absolute atomic E-state index is 0.197. The number of thioether (sulfide) groups is 1. The van der Waals surface area contributed by atoms with Crippen LogP contribution in [0.15, 0.2) is 47.4 Å². The van der Waals surface area contributed by atoms with Crippen molar-refractivity contribution in [3.63, 3.8) is 0 Å². The second-order valence-corrected chi connectivity index (χ2v) is 5.64. The lowest BCUT2D eigenvalue weighted by Gasteiger charge is -2.08. The van der Waals surface area contributed by atoms with E-state index in [1.807, 2.05) is 25.1 Å². The van der Waals surface area contributed by atoms with Gasteiger partial charge in [0.1, 0.15) is 5.75 Å². The number of hydrogen-bond donors (Lipinski definition) is 0. The molecule has 1 heterocycles. The summed E-state index contributed by atoms with van der Waals surface area (Å²) in [5.74, 6) is 2.23. The van der Waals surface area contributed by atoms with Gasteiger partial charge in [0.25, 0.3) is 0 Å². The first-order chi connectivity index (χ1) is 10.3. The summed E-state index contributed by atoms with van der Waals surface area (Å²) in [5.41, 5.74) is 0.571. The summed E-state index contributed by atoms with van der Waals surface area (Å²) in [6, 6.07) is 12.5. The number of rotatable bonds is 4. The third-order valence-corrected chi connectivity index (χ3v) is 3.92. The van der Waals surface area contributed by atoms with E-state index in [4.69, 9.17) is 14.2 Å². The first kappa shape index (κ1) is 13.8. The molecule has 0 radical (unpaired) electrons. The lowest BCUT2D eigenvalue weighted by Crippen LogP contribution is -2.09. The molecular formula is C16H14O4S. The van der Waals surface area contributed by atoms with Crippen LogP contribution in [0, 0.1) is 0 Å². The highest BCUT2D eigenvalue weighted by atomic mass is 32.2.